The average Bonchev–Trinajstić information content (AvgIpc) is 3.04. The van der Waals surface area contributed by atoms with Gasteiger partial charge in [-0.3, -0.25) is 4.79 Å². The molecule has 1 aliphatic carbocycles. The van der Waals surface area contributed by atoms with E-state index >= 15 is 0 Å². The van der Waals surface area contributed by atoms with E-state index in [4.69, 9.17) is 0 Å². The predicted octanol–water partition coefficient (Wildman–Crippen LogP) is 1.12. The predicted molar refractivity (Wildman–Crippen MR) is 82.7 cm³/mol. The molecule has 4 nitrogen and oxygen atoms in total. The van der Waals surface area contributed by atoms with Crippen LogP contribution in [0.1, 0.15) is 38.5 Å². The van der Waals surface area contributed by atoms with E-state index < -0.39 is 0 Å². The Kier molecular flexibility index (Phi) is 3.30. The molecule has 0 aromatic rings. The van der Waals surface area contributed by atoms with Crippen LogP contribution in [0.3, 0.4) is 0 Å². The molecule has 0 aromatic carbocycles. The fourth-order valence-electron chi connectivity index (χ4n) is 5.83. The zero-order chi connectivity index (χ0) is 14.5. The molecule has 3 unspecified atom stereocenters. The third-order valence-electron chi connectivity index (χ3n) is 6.76. The highest BCUT2D eigenvalue weighted by atomic mass is 16.2. The Balaban J connectivity index is 1.41. The molecule has 4 aliphatic rings. The number of likely N-dealkylation sites (tertiary alicyclic amines) is 1. The van der Waals surface area contributed by atoms with E-state index in [9.17, 15) is 4.79 Å². The first-order valence-corrected chi connectivity index (χ1v) is 8.94. The fraction of sp³-hybridized carbons (Fsp3) is 0.941. The lowest BCUT2D eigenvalue weighted by molar-refractivity contribution is -0.901. The molecule has 3 atom stereocenters. The number of quaternary nitrogens is 1. The van der Waals surface area contributed by atoms with Gasteiger partial charge >= 0.3 is 0 Å². The van der Waals surface area contributed by atoms with Crippen LogP contribution < -0.4 is 10.6 Å². The molecule has 1 saturated carbocycles. The van der Waals surface area contributed by atoms with Gasteiger partial charge in [0.2, 0.25) is 5.91 Å². The molecular formula is C17H30N3O+. The Morgan fingerprint density at radius 2 is 1.81 bits per heavy atom. The van der Waals surface area contributed by atoms with E-state index in [0.29, 0.717) is 11.9 Å². The van der Waals surface area contributed by atoms with Crippen molar-refractivity contribution in [2.45, 2.75) is 44.6 Å². The summed E-state index contributed by atoms with van der Waals surface area (Å²) < 4.78 is 1.18. The van der Waals surface area contributed by atoms with Gasteiger partial charge in [0.1, 0.15) is 0 Å². The number of hydrogen-bond acceptors (Lipinski definition) is 2. The van der Waals surface area contributed by atoms with E-state index in [0.717, 1.165) is 37.6 Å². The molecule has 21 heavy (non-hydrogen) atoms. The molecule has 118 valence electrons. The van der Waals surface area contributed by atoms with E-state index in [1.54, 1.807) is 0 Å². The second-order valence-corrected chi connectivity index (χ2v) is 8.56. The number of fused-ring (bicyclic) bond motifs is 1. The van der Waals surface area contributed by atoms with Crippen molar-refractivity contribution in [1.82, 2.24) is 10.6 Å². The Bertz CT molecular complexity index is 418. The number of likely N-dealkylation sites (N-methyl/N-ethyl adjacent to an activating group) is 1. The molecule has 4 fully saturated rings. The lowest BCUT2D eigenvalue weighted by Crippen LogP contribution is -2.51. The first kappa shape index (κ1) is 14.0. The van der Waals surface area contributed by atoms with Crippen LogP contribution in [0.5, 0.6) is 0 Å². The van der Waals surface area contributed by atoms with Crippen LogP contribution in [0.2, 0.25) is 0 Å². The lowest BCUT2D eigenvalue weighted by Gasteiger charge is -2.34. The quantitative estimate of drug-likeness (QED) is 0.749. The zero-order valence-electron chi connectivity index (χ0n) is 13.4. The summed E-state index contributed by atoms with van der Waals surface area (Å²) in [6, 6.07) is 0.424. The Hall–Kier alpha value is -0.610. The van der Waals surface area contributed by atoms with Crippen LogP contribution in [-0.2, 0) is 4.79 Å². The highest BCUT2D eigenvalue weighted by Crippen LogP contribution is 2.44. The van der Waals surface area contributed by atoms with Gasteiger partial charge in [0, 0.05) is 24.9 Å². The highest BCUT2D eigenvalue weighted by molar-refractivity contribution is 5.85. The summed E-state index contributed by atoms with van der Waals surface area (Å²) in [5.74, 6) is 2.12. The Labute approximate surface area is 128 Å². The summed E-state index contributed by atoms with van der Waals surface area (Å²) in [4.78, 5) is 12.5. The van der Waals surface area contributed by atoms with Gasteiger partial charge in [0.15, 0.2) is 0 Å². The maximum absolute atomic E-state index is 12.5. The van der Waals surface area contributed by atoms with Crippen molar-refractivity contribution in [2.75, 3.05) is 39.8 Å². The van der Waals surface area contributed by atoms with Gasteiger partial charge in [-0.2, -0.15) is 0 Å². The van der Waals surface area contributed by atoms with Crippen LogP contribution in [0.25, 0.3) is 0 Å². The molecule has 1 spiro atoms. The molecule has 4 rings (SSSR count). The Morgan fingerprint density at radius 3 is 2.48 bits per heavy atom. The van der Waals surface area contributed by atoms with Gasteiger partial charge in [-0.25, -0.2) is 0 Å². The Morgan fingerprint density at radius 1 is 1.14 bits per heavy atom. The molecule has 0 bridgehead atoms. The summed E-state index contributed by atoms with van der Waals surface area (Å²) >= 11 is 0. The summed E-state index contributed by atoms with van der Waals surface area (Å²) in [5.41, 5.74) is 0.0131. The maximum atomic E-state index is 12.5. The minimum absolute atomic E-state index is 0.0131. The maximum Gasteiger partial charge on any atom is 0.226 e. The van der Waals surface area contributed by atoms with Crippen LogP contribution >= 0.6 is 0 Å². The van der Waals surface area contributed by atoms with Crippen molar-refractivity contribution in [2.24, 2.45) is 17.3 Å². The fourth-order valence-corrected chi connectivity index (χ4v) is 5.83. The summed E-state index contributed by atoms with van der Waals surface area (Å²) in [7, 11) is 2.41. The topological polar surface area (TPSA) is 41.1 Å². The SMILES string of the molecule is C[N+]1(CC2CC3(CCCCC3)C(=O)N2)CC2CNCC2C1. The van der Waals surface area contributed by atoms with Crippen molar-refractivity contribution in [1.29, 1.82) is 0 Å². The van der Waals surface area contributed by atoms with Crippen molar-refractivity contribution in [3.63, 3.8) is 0 Å². The highest BCUT2D eigenvalue weighted by Gasteiger charge is 2.51. The molecule has 1 amide bonds. The van der Waals surface area contributed by atoms with Crippen molar-refractivity contribution >= 4 is 5.91 Å². The summed E-state index contributed by atoms with van der Waals surface area (Å²) in [6.07, 6.45) is 7.20. The van der Waals surface area contributed by atoms with E-state index in [1.807, 2.05) is 0 Å². The third kappa shape index (κ3) is 2.40. The number of hydrogen-bond donors (Lipinski definition) is 2. The molecule has 3 aliphatic heterocycles. The van der Waals surface area contributed by atoms with Crippen LogP contribution in [0.4, 0.5) is 0 Å². The molecule has 2 N–H and O–H groups in total. The average molecular weight is 292 g/mol. The van der Waals surface area contributed by atoms with Crippen LogP contribution in [-0.4, -0.2) is 56.2 Å². The molecule has 3 heterocycles. The zero-order valence-corrected chi connectivity index (χ0v) is 13.4. The number of carbonyl (C=O) groups excluding carboxylic acids is 1. The number of rotatable bonds is 2. The van der Waals surface area contributed by atoms with Gasteiger partial charge in [-0.15, -0.1) is 0 Å². The second kappa shape index (κ2) is 4.95. The lowest BCUT2D eigenvalue weighted by atomic mass is 9.72. The van der Waals surface area contributed by atoms with Crippen molar-refractivity contribution < 1.29 is 9.28 Å². The normalized spacial score (nSPS) is 45.0. The van der Waals surface area contributed by atoms with Crippen molar-refractivity contribution in [3.8, 4) is 0 Å². The van der Waals surface area contributed by atoms with E-state index in [-0.39, 0.29) is 5.41 Å². The van der Waals surface area contributed by atoms with Crippen molar-refractivity contribution in [3.05, 3.63) is 0 Å². The first-order chi connectivity index (χ1) is 10.1. The standard InChI is InChI=1S/C17H29N3O/c1-20(10-13-8-18-9-14(13)11-20)12-15-7-17(16(21)19-15)5-3-2-4-6-17/h13-15,18H,2-12H2,1H3/p+1. The molecule has 0 aromatic heterocycles. The van der Waals surface area contributed by atoms with Crippen LogP contribution in [0, 0.1) is 17.3 Å². The van der Waals surface area contributed by atoms with Gasteiger partial charge in [-0.1, -0.05) is 19.3 Å². The van der Waals surface area contributed by atoms with Gasteiger partial charge in [0.05, 0.1) is 38.1 Å². The molecular weight excluding hydrogens is 262 g/mol. The number of amides is 1. The number of nitrogens with zero attached hydrogens (tertiary/aromatic N) is 1. The largest absolute Gasteiger partial charge is 0.347 e. The molecule has 0 radical (unpaired) electrons. The minimum atomic E-state index is 0.0131. The monoisotopic (exact) mass is 292 g/mol. The second-order valence-electron chi connectivity index (χ2n) is 8.56. The van der Waals surface area contributed by atoms with E-state index in [1.165, 1.54) is 49.9 Å². The van der Waals surface area contributed by atoms with E-state index in [2.05, 4.69) is 17.7 Å². The first-order valence-electron chi connectivity index (χ1n) is 8.94. The number of carbonyl (C=O) groups is 1. The molecule has 4 heteroatoms. The summed E-state index contributed by atoms with van der Waals surface area (Å²) in [5, 5.41) is 6.89. The summed E-state index contributed by atoms with van der Waals surface area (Å²) in [6.45, 7) is 6.17. The van der Waals surface area contributed by atoms with Crippen LogP contribution in [0.15, 0.2) is 0 Å². The smallest absolute Gasteiger partial charge is 0.226 e. The molecule has 3 saturated heterocycles. The third-order valence-corrected chi connectivity index (χ3v) is 6.76. The number of nitrogens with one attached hydrogen (secondary N) is 2. The minimum Gasteiger partial charge on any atom is -0.347 e. The van der Waals surface area contributed by atoms with Gasteiger partial charge in [-0.05, 0) is 19.3 Å². The van der Waals surface area contributed by atoms with Gasteiger partial charge < -0.3 is 15.1 Å². The van der Waals surface area contributed by atoms with Gasteiger partial charge in [0.25, 0.3) is 0 Å².